The van der Waals surface area contributed by atoms with Crippen LogP contribution < -0.4 is 5.32 Å². The molecule has 1 aromatic rings. The molecule has 2 rings (SSSR count). The zero-order valence-corrected chi connectivity index (χ0v) is 14.0. The molecular formula is C17H28N4O. The van der Waals surface area contributed by atoms with Crippen LogP contribution in [0.3, 0.4) is 0 Å². The van der Waals surface area contributed by atoms with Gasteiger partial charge in [-0.3, -0.25) is 9.78 Å². The van der Waals surface area contributed by atoms with E-state index in [1.54, 1.807) is 12.4 Å². The molecule has 0 saturated carbocycles. The first-order valence-corrected chi connectivity index (χ1v) is 8.45. The third-order valence-electron chi connectivity index (χ3n) is 4.66. The molecule has 0 radical (unpaired) electrons. The minimum atomic E-state index is 0.183. The highest BCUT2D eigenvalue weighted by atomic mass is 16.2. The molecule has 0 aromatic carbocycles. The number of hydrogen-bond donors (Lipinski definition) is 1. The summed E-state index contributed by atoms with van der Waals surface area (Å²) in [5.74, 6) is 1.85. The van der Waals surface area contributed by atoms with Crippen LogP contribution in [0.2, 0.25) is 0 Å². The molecular weight excluding hydrogens is 276 g/mol. The van der Waals surface area contributed by atoms with E-state index in [0.29, 0.717) is 11.8 Å². The summed E-state index contributed by atoms with van der Waals surface area (Å²) >= 11 is 0. The molecule has 0 aliphatic carbocycles. The van der Waals surface area contributed by atoms with E-state index in [1.165, 1.54) is 0 Å². The first-order chi connectivity index (χ1) is 10.7. The van der Waals surface area contributed by atoms with Gasteiger partial charge in [0.15, 0.2) is 0 Å². The fraction of sp³-hybridized carbons (Fsp3) is 0.706. The van der Waals surface area contributed by atoms with Crippen LogP contribution in [0, 0.1) is 11.8 Å². The molecule has 122 valence electrons. The molecule has 1 aromatic heterocycles. The van der Waals surface area contributed by atoms with Crippen molar-refractivity contribution in [3.8, 4) is 0 Å². The number of piperidine rings is 1. The number of carbonyl (C=O) groups is 1. The summed E-state index contributed by atoms with van der Waals surface area (Å²) in [5, 5.41) is 3.10. The molecule has 1 saturated heterocycles. The number of anilines is 1. The van der Waals surface area contributed by atoms with Gasteiger partial charge >= 0.3 is 0 Å². The Kier molecular flexibility index (Phi) is 6.16. The maximum absolute atomic E-state index is 12.6. The highest BCUT2D eigenvalue weighted by molar-refractivity contribution is 5.78. The van der Waals surface area contributed by atoms with Crippen molar-refractivity contribution >= 4 is 11.7 Å². The van der Waals surface area contributed by atoms with Crippen molar-refractivity contribution in [3.05, 3.63) is 18.1 Å². The number of amides is 1. The van der Waals surface area contributed by atoms with Crippen LogP contribution in [-0.4, -0.2) is 40.9 Å². The van der Waals surface area contributed by atoms with E-state index >= 15 is 0 Å². The van der Waals surface area contributed by atoms with E-state index in [-0.39, 0.29) is 5.92 Å². The lowest BCUT2D eigenvalue weighted by molar-refractivity contribution is -0.137. The summed E-state index contributed by atoms with van der Waals surface area (Å²) in [7, 11) is 1.87. The quantitative estimate of drug-likeness (QED) is 0.878. The van der Waals surface area contributed by atoms with Crippen molar-refractivity contribution in [2.45, 2.75) is 46.0 Å². The monoisotopic (exact) mass is 304 g/mol. The van der Waals surface area contributed by atoms with Crippen molar-refractivity contribution in [1.29, 1.82) is 0 Å². The number of aromatic nitrogens is 2. The Labute approximate surface area is 133 Å². The van der Waals surface area contributed by atoms with Crippen molar-refractivity contribution in [3.63, 3.8) is 0 Å². The first-order valence-electron chi connectivity index (χ1n) is 8.45. The summed E-state index contributed by atoms with van der Waals surface area (Å²) in [6, 6.07) is 0. The predicted molar refractivity (Wildman–Crippen MR) is 88.7 cm³/mol. The van der Waals surface area contributed by atoms with Gasteiger partial charge in [-0.05, 0) is 38.0 Å². The normalized spacial score (nSPS) is 18.5. The molecule has 1 fully saturated rings. The van der Waals surface area contributed by atoms with Gasteiger partial charge in [-0.2, -0.15) is 0 Å². The smallest absolute Gasteiger partial charge is 0.225 e. The maximum Gasteiger partial charge on any atom is 0.225 e. The average Bonchev–Trinajstić information content (AvgIpc) is 2.56. The van der Waals surface area contributed by atoms with Crippen LogP contribution in [0.5, 0.6) is 0 Å². The first kappa shape index (κ1) is 16.7. The fourth-order valence-electron chi connectivity index (χ4n) is 3.33. The summed E-state index contributed by atoms with van der Waals surface area (Å²) in [6.45, 7) is 5.97. The third kappa shape index (κ3) is 3.96. The summed E-state index contributed by atoms with van der Waals surface area (Å²) in [4.78, 5) is 23.4. The molecule has 1 unspecified atom stereocenters. The van der Waals surface area contributed by atoms with Crippen LogP contribution in [0.25, 0.3) is 0 Å². The number of hydrogen-bond acceptors (Lipinski definition) is 4. The van der Waals surface area contributed by atoms with Crippen molar-refractivity contribution in [1.82, 2.24) is 14.9 Å². The van der Waals surface area contributed by atoms with E-state index in [2.05, 4.69) is 34.0 Å². The lowest BCUT2D eigenvalue weighted by Gasteiger charge is -2.34. The number of nitrogens with zero attached hydrogens (tertiary/aromatic N) is 3. The van der Waals surface area contributed by atoms with E-state index in [9.17, 15) is 4.79 Å². The lowest BCUT2D eigenvalue weighted by Crippen LogP contribution is -2.43. The molecule has 1 atom stereocenters. The zero-order chi connectivity index (χ0) is 15.9. The van der Waals surface area contributed by atoms with Gasteiger partial charge in [-0.15, -0.1) is 0 Å². The molecule has 5 nitrogen and oxygen atoms in total. The van der Waals surface area contributed by atoms with E-state index in [0.717, 1.165) is 56.7 Å². The second kappa shape index (κ2) is 8.11. The Balaban J connectivity index is 2.00. The van der Waals surface area contributed by atoms with E-state index in [1.807, 2.05) is 7.05 Å². The Morgan fingerprint density at radius 2 is 2.09 bits per heavy atom. The molecule has 0 spiro atoms. The molecule has 1 N–H and O–H groups in total. The Bertz CT molecular complexity index is 487. The second-order valence-electron chi connectivity index (χ2n) is 6.11. The summed E-state index contributed by atoms with van der Waals surface area (Å²) in [5.41, 5.74) is 1.01. The minimum Gasteiger partial charge on any atom is -0.372 e. The van der Waals surface area contributed by atoms with Crippen LogP contribution in [-0.2, 0) is 11.2 Å². The molecule has 0 bridgehead atoms. The maximum atomic E-state index is 12.6. The molecule has 1 aliphatic rings. The van der Waals surface area contributed by atoms with Crippen LogP contribution >= 0.6 is 0 Å². The molecule has 22 heavy (non-hydrogen) atoms. The van der Waals surface area contributed by atoms with Crippen molar-refractivity contribution in [2.24, 2.45) is 11.8 Å². The Morgan fingerprint density at radius 3 is 2.77 bits per heavy atom. The second-order valence-corrected chi connectivity index (χ2v) is 6.11. The van der Waals surface area contributed by atoms with E-state index in [4.69, 9.17) is 0 Å². The summed E-state index contributed by atoms with van der Waals surface area (Å²) in [6.07, 6.45) is 8.45. The van der Waals surface area contributed by atoms with Gasteiger partial charge in [0.2, 0.25) is 5.91 Å². The van der Waals surface area contributed by atoms with Gasteiger partial charge in [0.05, 0.1) is 5.69 Å². The lowest BCUT2D eigenvalue weighted by atomic mass is 9.91. The van der Waals surface area contributed by atoms with Crippen LogP contribution in [0.1, 0.15) is 45.2 Å². The molecule has 1 amide bonds. The van der Waals surface area contributed by atoms with E-state index < -0.39 is 0 Å². The number of rotatable bonds is 6. The number of likely N-dealkylation sites (tertiary alicyclic amines) is 1. The van der Waals surface area contributed by atoms with Crippen LogP contribution in [0.4, 0.5) is 5.82 Å². The number of nitrogens with one attached hydrogen (secondary N) is 1. The van der Waals surface area contributed by atoms with Gasteiger partial charge in [-0.25, -0.2) is 4.98 Å². The van der Waals surface area contributed by atoms with Gasteiger partial charge in [-0.1, -0.05) is 13.8 Å². The van der Waals surface area contributed by atoms with Crippen molar-refractivity contribution in [2.75, 3.05) is 25.5 Å². The predicted octanol–water partition coefficient (Wildman–Crippen LogP) is 2.74. The largest absolute Gasteiger partial charge is 0.372 e. The fourth-order valence-corrected chi connectivity index (χ4v) is 3.33. The topological polar surface area (TPSA) is 58.1 Å². The van der Waals surface area contributed by atoms with Crippen LogP contribution in [0.15, 0.2) is 12.4 Å². The standard InChI is InChI=1S/C17H28N4O/c1-4-14(5-2)17(22)21-10-6-7-13(12-21)11-15-16(18-3)20-9-8-19-15/h8-9,13-14H,4-7,10-12H2,1-3H3,(H,18,20). The minimum absolute atomic E-state index is 0.183. The summed E-state index contributed by atoms with van der Waals surface area (Å²) < 4.78 is 0. The third-order valence-corrected chi connectivity index (χ3v) is 4.66. The zero-order valence-electron chi connectivity index (χ0n) is 14.0. The SMILES string of the molecule is CCC(CC)C(=O)N1CCCC(Cc2nccnc2NC)C1. The van der Waals surface area contributed by atoms with Gasteiger partial charge in [0, 0.05) is 38.4 Å². The van der Waals surface area contributed by atoms with Gasteiger partial charge < -0.3 is 10.2 Å². The molecule has 5 heteroatoms. The average molecular weight is 304 g/mol. The Morgan fingerprint density at radius 1 is 1.36 bits per heavy atom. The number of carbonyl (C=O) groups excluding carboxylic acids is 1. The van der Waals surface area contributed by atoms with Gasteiger partial charge in [0.25, 0.3) is 0 Å². The van der Waals surface area contributed by atoms with Crippen molar-refractivity contribution < 1.29 is 4.79 Å². The highest BCUT2D eigenvalue weighted by Crippen LogP contribution is 2.24. The Hall–Kier alpha value is -1.65. The molecule has 1 aliphatic heterocycles. The molecule has 2 heterocycles. The van der Waals surface area contributed by atoms with Gasteiger partial charge in [0.1, 0.15) is 5.82 Å². The highest BCUT2D eigenvalue weighted by Gasteiger charge is 2.27.